The van der Waals surface area contributed by atoms with Gasteiger partial charge in [-0.25, -0.2) is 4.39 Å². The second kappa shape index (κ2) is 6.48. The molecule has 0 aliphatic rings. The van der Waals surface area contributed by atoms with Crippen LogP contribution in [0.25, 0.3) is 0 Å². The lowest BCUT2D eigenvalue weighted by Gasteiger charge is -2.13. The topological polar surface area (TPSA) is 29.9 Å². The average Bonchev–Trinajstić information content (AvgIpc) is 2.78. The van der Waals surface area contributed by atoms with Crippen molar-refractivity contribution < 1.29 is 4.39 Å². The molecule has 0 fully saturated rings. The predicted octanol–water partition coefficient (Wildman–Crippen LogP) is 2.32. The Morgan fingerprint density at radius 3 is 2.84 bits per heavy atom. The summed E-state index contributed by atoms with van der Waals surface area (Å²) in [7, 11) is 1.91. The Balaban J connectivity index is 1.76. The maximum atomic E-state index is 13.5. The van der Waals surface area contributed by atoms with Gasteiger partial charge in [0.05, 0.1) is 6.20 Å². The van der Waals surface area contributed by atoms with Gasteiger partial charge in [0, 0.05) is 19.3 Å². The second-order valence-electron chi connectivity index (χ2n) is 4.92. The maximum Gasteiger partial charge on any atom is 0.126 e. The number of halogens is 1. The first kappa shape index (κ1) is 13.7. The highest BCUT2D eigenvalue weighted by Gasteiger charge is 2.06. The molecule has 0 amide bonds. The normalized spacial score (nSPS) is 12.6. The van der Waals surface area contributed by atoms with Gasteiger partial charge in [-0.05, 0) is 43.5 Å². The predicted molar refractivity (Wildman–Crippen MR) is 74.5 cm³/mol. The zero-order chi connectivity index (χ0) is 13.7. The van der Waals surface area contributed by atoms with Crippen LogP contribution in [0.5, 0.6) is 0 Å². The summed E-state index contributed by atoms with van der Waals surface area (Å²) >= 11 is 0. The third kappa shape index (κ3) is 4.17. The Bertz CT molecular complexity index is 522. The zero-order valence-corrected chi connectivity index (χ0v) is 11.4. The molecule has 1 aromatic carbocycles. The smallest absolute Gasteiger partial charge is 0.126 e. The molecule has 2 rings (SSSR count). The van der Waals surface area contributed by atoms with Crippen molar-refractivity contribution >= 4 is 0 Å². The molecule has 0 saturated carbocycles. The molecule has 2 aromatic rings. The van der Waals surface area contributed by atoms with E-state index in [1.54, 1.807) is 10.7 Å². The van der Waals surface area contributed by atoms with E-state index in [0.29, 0.717) is 6.42 Å². The molecule has 19 heavy (non-hydrogen) atoms. The minimum absolute atomic E-state index is 0.122. The van der Waals surface area contributed by atoms with Crippen LogP contribution in [0.3, 0.4) is 0 Å². The van der Waals surface area contributed by atoms with Crippen LogP contribution in [-0.2, 0) is 19.9 Å². The molecule has 0 saturated heterocycles. The number of rotatable bonds is 6. The summed E-state index contributed by atoms with van der Waals surface area (Å²) in [5.41, 5.74) is 1.98. The van der Waals surface area contributed by atoms with E-state index < -0.39 is 0 Å². The van der Waals surface area contributed by atoms with Gasteiger partial charge in [-0.15, -0.1) is 0 Å². The van der Waals surface area contributed by atoms with Crippen LogP contribution >= 0.6 is 0 Å². The molecule has 102 valence electrons. The van der Waals surface area contributed by atoms with Crippen LogP contribution in [0.1, 0.15) is 18.1 Å². The Labute approximate surface area is 113 Å². The largest absolute Gasteiger partial charge is 0.314 e. The summed E-state index contributed by atoms with van der Waals surface area (Å²) in [6, 6.07) is 7.21. The minimum atomic E-state index is -0.122. The quantitative estimate of drug-likeness (QED) is 0.865. The van der Waals surface area contributed by atoms with Crippen molar-refractivity contribution in [3.8, 4) is 0 Å². The third-order valence-electron chi connectivity index (χ3n) is 3.15. The molecule has 0 bridgehead atoms. The molecule has 1 N–H and O–H groups in total. The van der Waals surface area contributed by atoms with E-state index in [4.69, 9.17) is 0 Å². The fourth-order valence-electron chi connectivity index (χ4n) is 2.13. The molecule has 0 spiro atoms. The van der Waals surface area contributed by atoms with Crippen molar-refractivity contribution in [2.45, 2.75) is 25.8 Å². The molecule has 0 aliphatic carbocycles. The van der Waals surface area contributed by atoms with E-state index >= 15 is 0 Å². The van der Waals surface area contributed by atoms with Gasteiger partial charge in [-0.1, -0.05) is 18.2 Å². The van der Waals surface area contributed by atoms with E-state index in [2.05, 4.69) is 17.3 Å². The van der Waals surface area contributed by atoms with Gasteiger partial charge in [-0.3, -0.25) is 4.68 Å². The molecule has 1 unspecified atom stereocenters. The van der Waals surface area contributed by atoms with Gasteiger partial charge >= 0.3 is 0 Å². The first-order chi connectivity index (χ1) is 9.15. The van der Waals surface area contributed by atoms with Gasteiger partial charge in [0.2, 0.25) is 0 Å². The SMILES string of the molecule is CC(Cc1ccccc1F)NCCc1cnn(C)c1. The van der Waals surface area contributed by atoms with Crippen LogP contribution < -0.4 is 5.32 Å². The molecule has 0 radical (unpaired) electrons. The first-order valence-corrected chi connectivity index (χ1v) is 6.59. The zero-order valence-electron chi connectivity index (χ0n) is 11.4. The third-order valence-corrected chi connectivity index (χ3v) is 3.15. The van der Waals surface area contributed by atoms with E-state index in [-0.39, 0.29) is 11.9 Å². The van der Waals surface area contributed by atoms with E-state index in [1.807, 2.05) is 31.6 Å². The summed E-state index contributed by atoms with van der Waals surface area (Å²) in [5.74, 6) is -0.122. The Hall–Kier alpha value is -1.68. The van der Waals surface area contributed by atoms with Crippen molar-refractivity contribution in [3.63, 3.8) is 0 Å². The number of nitrogens with zero attached hydrogens (tertiary/aromatic N) is 2. The number of benzene rings is 1. The number of aryl methyl sites for hydroxylation is 1. The maximum absolute atomic E-state index is 13.5. The van der Waals surface area contributed by atoms with Crippen LogP contribution in [-0.4, -0.2) is 22.4 Å². The molecular formula is C15H20FN3. The monoisotopic (exact) mass is 261 g/mol. The van der Waals surface area contributed by atoms with E-state index in [1.165, 1.54) is 11.6 Å². The lowest BCUT2D eigenvalue weighted by atomic mass is 10.1. The van der Waals surface area contributed by atoms with Gasteiger partial charge in [0.1, 0.15) is 5.82 Å². The van der Waals surface area contributed by atoms with Crippen LogP contribution in [0, 0.1) is 5.82 Å². The van der Waals surface area contributed by atoms with Crippen LogP contribution in [0.15, 0.2) is 36.7 Å². The fourth-order valence-corrected chi connectivity index (χ4v) is 2.13. The Kier molecular flexibility index (Phi) is 4.68. The number of aromatic nitrogens is 2. The first-order valence-electron chi connectivity index (χ1n) is 6.59. The Morgan fingerprint density at radius 1 is 1.37 bits per heavy atom. The van der Waals surface area contributed by atoms with Crippen molar-refractivity contribution in [1.29, 1.82) is 0 Å². The lowest BCUT2D eigenvalue weighted by Crippen LogP contribution is -2.30. The van der Waals surface area contributed by atoms with E-state index in [0.717, 1.165) is 18.5 Å². The standard InChI is InChI=1S/C15H20FN3/c1-12(9-14-5-3-4-6-15(14)16)17-8-7-13-10-18-19(2)11-13/h3-6,10-12,17H,7-9H2,1-2H3. The van der Waals surface area contributed by atoms with Gasteiger partial charge in [-0.2, -0.15) is 5.10 Å². The average molecular weight is 261 g/mol. The number of hydrogen-bond donors (Lipinski definition) is 1. The summed E-state index contributed by atoms with van der Waals surface area (Å²) in [5, 5.41) is 7.55. The molecular weight excluding hydrogens is 241 g/mol. The van der Waals surface area contributed by atoms with Crippen molar-refractivity contribution in [2.24, 2.45) is 7.05 Å². The summed E-state index contributed by atoms with van der Waals surface area (Å²) < 4.78 is 15.3. The van der Waals surface area contributed by atoms with Gasteiger partial charge in [0.25, 0.3) is 0 Å². The lowest BCUT2D eigenvalue weighted by molar-refractivity contribution is 0.528. The highest BCUT2D eigenvalue weighted by Crippen LogP contribution is 2.09. The van der Waals surface area contributed by atoms with Gasteiger partial charge < -0.3 is 5.32 Å². The Morgan fingerprint density at radius 2 is 2.16 bits per heavy atom. The molecule has 1 aromatic heterocycles. The minimum Gasteiger partial charge on any atom is -0.314 e. The van der Waals surface area contributed by atoms with Crippen molar-refractivity contribution in [2.75, 3.05) is 6.54 Å². The fraction of sp³-hybridized carbons (Fsp3) is 0.400. The van der Waals surface area contributed by atoms with Crippen molar-refractivity contribution in [3.05, 3.63) is 53.6 Å². The summed E-state index contributed by atoms with van der Waals surface area (Å²) in [4.78, 5) is 0. The summed E-state index contributed by atoms with van der Waals surface area (Å²) in [6.07, 6.45) is 5.54. The molecule has 3 nitrogen and oxygen atoms in total. The highest BCUT2D eigenvalue weighted by atomic mass is 19.1. The second-order valence-corrected chi connectivity index (χ2v) is 4.92. The van der Waals surface area contributed by atoms with Gasteiger partial charge in [0.15, 0.2) is 0 Å². The molecule has 1 atom stereocenters. The van der Waals surface area contributed by atoms with E-state index in [9.17, 15) is 4.39 Å². The number of hydrogen-bond acceptors (Lipinski definition) is 2. The number of nitrogens with one attached hydrogen (secondary N) is 1. The summed E-state index contributed by atoms with van der Waals surface area (Å²) in [6.45, 7) is 2.96. The molecule has 4 heteroatoms. The van der Waals surface area contributed by atoms with Crippen LogP contribution in [0.4, 0.5) is 4.39 Å². The molecule has 1 heterocycles. The molecule has 0 aliphatic heterocycles. The van der Waals surface area contributed by atoms with Crippen LogP contribution in [0.2, 0.25) is 0 Å². The highest BCUT2D eigenvalue weighted by molar-refractivity contribution is 5.18. The van der Waals surface area contributed by atoms with Crippen molar-refractivity contribution in [1.82, 2.24) is 15.1 Å².